The molecule has 1 aliphatic rings. The van der Waals surface area contributed by atoms with Crippen LogP contribution >= 0.6 is 31.9 Å². The van der Waals surface area contributed by atoms with Crippen LogP contribution in [0.25, 0.3) is 0 Å². The minimum absolute atomic E-state index is 0.108. The van der Waals surface area contributed by atoms with Gasteiger partial charge in [-0.3, -0.25) is 5.32 Å². The molecule has 0 aromatic heterocycles. The molecule has 1 heterocycles. The first-order valence-corrected chi connectivity index (χ1v) is 14.8. The van der Waals surface area contributed by atoms with Gasteiger partial charge in [-0.15, -0.1) is 0 Å². The molecule has 0 saturated carbocycles. The van der Waals surface area contributed by atoms with Gasteiger partial charge in [0.2, 0.25) is 5.54 Å². The van der Waals surface area contributed by atoms with Crippen molar-refractivity contribution in [3.63, 3.8) is 0 Å². The summed E-state index contributed by atoms with van der Waals surface area (Å²) in [6.07, 6.45) is -0.579. The average molecular weight is 674 g/mol. The highest BCUT2D eigenvalue weighted by Gasteiger charge is 2.64. The maximum Gasteiger partial charge on any atom is 0.340 e. The highest BCUT2D eigenvalue weighted by Crippen LogP contribution is 2.49. The number of carbonyl (C=O) groups excluding carboxylic acids is 2. The van der Waals surface area contributed by atoms with Crippen molar-refractivity contribution in [1.82, 2.24) is 5.32 Å². The summed E-state index contributed by atoms with van der Waals surface area (Å²) >= 11 is 7.02. The molecule has 40 heavy (non-hydrogen) atoms. The fraction of sp³-hybridized carbons (Fsp3) is 0.355. The van der Waals surface area contributed by atoms with Crippen molar-refractivity contribution in [3.05, 3.63) is 92.9 Å². The van der Waals surface area contributed by atoms with Crippen LogP contribution in [0.5, 0.6) is 5.75 Å². The van der Waals surface area contributed by atoms with E-state index in [1.807, 2.05) is 98.5 Å². The Morgan fingerprint density at radius 3 is 1.73 bits per heavy atom. The molecular weight excluding hydrogens is 640 g/mol. The molecule has 3 aromatic carbocycles. The third-order valence-electron chi connectivity index (χ3n) is 6.46. The number of ether oxygens (including phenoxy) is 3. The minimum Gasteiger partial charge on any atom is -0.488 e. The van der Waals surface area contributed by atoms with Gasteiger partial charge in [-0.25, -0.2) is 9.59 Å². The zero-order valence-electron chi connectivity index (χ0n) is 23.2. The zero-order valence-corrected chi connectivity index (χ0v) is 26.4. The molecule has 1 saturated heterocycles. The van der Waals surface area contributed by atoms with E-state index in [-0.39, 0.29) is 18.8 Å². The Bertz CT molecular complexity index is 1300. The third-order valence-corrected chi connectivity index (χ3v) is 7.51. The van der Waals surface area contributed by atoms with E-state index < -0.39 is 29.7 Å². The van der Waals surface area contributed by atoms with E-state index >= 15 is 0 Å². The topological polar surface area (TPSA) is 77.1 Å². The standard InChI is InChI=1S/C31H34Br2N2O5/c1-6-38-28(36)31(29(37)39-7-2)26(20-8-12-22(32)13-9-20)35(27(34-31)21-10-14-23(33)15-11-21)24-16-18-25(19-17-24)40-30(3,4)5/h8-19,26-27,34H,6-7H2,1-5H3/t26-,27-/m1/s1. The monoisotopic (exact) mass is 672 g/mol. The summed E-state index contributed by atoms with van der Waals surface area (Å²) in [5.41, 5.74) is 0.171. The Balaban J connectivity index is 1.97. The van der Waals surface area contributed by atoms with Crippen LogP contribution in [0.1, 0.15) is 58.0 Å². The molecule has 0 amide bonds. The zero-order chi connectivity index (χ0) is 29.1. The smallest absolute Gasteiger partial charge is 0.340 e. The highest BCUT2D eigenvalue weighted by atomic mass is 79.9. The molecule has 3 aromatic rings. The predicted molar refractivity (Wildman–Crippen MR) is 162 cm³/mol. The van der Waals surface area contributed by atoms with Crippen molar-refractivity contribution >= 4 is 49.5 Å². The molecule has 1 N–H and O–H groups in total. The molecule has 2 atom stereocenters. The van der Waals surface area contributed by atoms with Gasteiger partial charge in [-0.1, -0.05) is 56.1 Å². The molecule has 0 radical (unpaired) electrons. The molecule has 212 valence electrons. The average Bonchev–Trinajstić information content (AvgIpc) is 3.27. The van der Waals surface area contributed by atoms with Gasteiger partial charge >= 0.3 is 11.9 Å². The number of hydrogen-bond donors (Lipinski definition) is 1. The van der Waals surface area contributed by atoms with Crippen molar-refractivity contribution in [2.45, 2.75) is 58.0 Å². The first-order valence-electron chi connectivity index (χ1n) is 13.2. The van der Waals surface area contributed by atoms with E-state index in [2.05, 4.69) is 37.2 Å². The summed E-state index contributed by atoms with van der Waals surface area (Å²) in [6.45, 7) is 9.63. The summed E-state index contributed by atoms with van der Waals surface area (Å²) in [4.78, 5) is 29.9. The Morgan fingerprint density at radius 2 is 1.27 bits per heavy atom. The SMILES string of the molecule is CCOC(=O)C1(C(=O)OCC)N[C@@H](c2ccc(Br)cc2)N(c2ccc(OC(C)(C)C)cc2)[C@@H]1c1ccc(Br)cc1. The molecule has 0 unspecified atom stereocenters. The Morgan fingerprint density at radius 1 is 0.800 bits per heavy atom. The lowest BCUT2D eigenvalue weighted by atomic mass is 9.85. The van der Waals surface area contributed by atoms with Gasteiger partial charge in [0.1, 0.15) is 17.5 Å². The second-order valence-corrected chi connectivity index (χ2v) is 12.2. The van der Waals surface area contributed by atoms with E-state index in [1.54, 1.807) is 13.8 Å². The van der Waals surface area contributed by atoms with E-state index in [4.69, 9.17) is 14.2 Å². The maximum absolute atomic E-state index is 13.9. The van der Waals surface area contributed by atoms with Crippen molar-refractivity contribution in [1.29, 1.82) is 0 Å². The normalized spacial score (nSPS) is 18.3. The summed E-state index contributed by atoms with van der Waals surface area (Å²) < 4.78 is 19.0. The summed E-state index contributed by atoms with van der Waals surface area (Å²) in [5.74, 6) is -0.678. The fourth-order valence-corrected chi connectivity index (χ4v) is 5.45. The van der Waals surface area contributed by atoms with Crippen LogP contribution in [0.4, 0.5) is 5.69 Å². The van der Waals surface area contributed by atoms with Crippen LogP contribution in [-0.4, -0.2) is 36.3 Å². The summed E-state index contributed by atoms with van der Waals surface area (Å²) in [6, 6.07) is 22.2. The lowest BCUT2D eigenvalue weighted by molar-refractivity contribution is -0.166. The Labute approximate surface area is 252 Å². The van der Waals surface area contributed by atoms with Crippen LogP contribution in [-0.2, 0) is 19.1 Å². The van der Waals surface area contributed by atoms with E-state index in [9.17, 15) is 9.59 Å². The third kappa shape index (κ3) is 6.21. The molecule has 0 spiro atoms. The molecular formula is C31H34Br2N2O5. The number of halogens is 2. The van der Waals surface area contributed by atoms with Crippen molar-refractivity contribution in [2.24, 2.45) is 0 Å². The number of benzene rings is 3. The second-order valence-electron chi connectivity index (χ2n) is 10.4. The fourth-order valence-electron chi connectivity index (χ4n) is 4.92. The Kier molecular flexibility index (Phi) is 9.27. The summed E-state index contributed by atoms with van der Waals surface area (Å²) in [5, 5.41) is 3.39. The van der Waals surface area contributed by atoms with Crippen molar-refractivity contribution in [2.75, 3.05) is 18.1 Å². The predicted octanol–water partition coefficient (Wildman–Crippen LogP) is 7.10. The molecule has 0 bridgehead atoms. The molecule has 7 nitrogen and oxygen atoms in total. The van der Waals surface area contributed by atoms with Crippen molar-refractivity contribution < 1.29 is 23.8 Å². The molecule has 4 rings (SSSR count). The molecule has 1 fully saturated rings. The van der Waals surface area contributed by atoms with Gasteiger partial charge in [0.25, 0.3) is 0 Å². The number of anilines is 1. The highest BCUT2D eigenvalue weighted by molar-refractivity contribution is 9.10. The van der Waals surface area contributed by atoms with Gasteiger partial charge in [0.05, 0.1) is 19.3 Å². The number of esters is 2. The van der Waals surface area contributed by atoms with Crippen LogP contribution < -0.4 is 15.0 Å². The second kappa shape index (κ2) is 12.3. The number of nitrogens with one attached hydrogen (secondary N) is 1. The van der Waals surface area contributed by atoms with Crippen LogP contribution in [0, 0.1) is 0 Å². The lowest BCUT2D eigenvalue weighted by Gasteiger charge is -2.35. The Hall–Kier alpha value is -2.88. The first kappa shape index (κ1) is 30.1. The minimum atomic E-state index is -1.85. The van der Waals surface area contributed by atoms with Crippen LogP contribution in [0.3, 0.4) is 0 Å². The van der Waals surface area contributed by atoms with Crippen LogP contribution in [0.2, 0.25) is 0 Å². The number of nitrogens with zero attached hydrogens (tertiary/aromatic N) is 1. The van der Waals surface area contributed by atoms with Crippen molar-refractivity contribution in [3.8, 4) is 5.75 Å². The molecule has 0 aliphatic carbocycles. The van der Waals surface area contributed by atoms with Gasteiger partial charge < -0.3 is 19.1 Å². The molecule has 1 aliphatic heterocycles. The summed E-state index contributed by atoms with van der Waals surface area (Å²) in [7, 11) is 0. The number of hydrogen-bond acceptors (Lipinski definition) is 7. The molecule has 9 heteroatoms. The quantitative estimate of drug-likeness (QED) is 0.202. The van der Waals surface area contributed by atoms with Gasteiger partial charge in [-0.2, -0.15) is 0 Å². The van der Waals surface area contributed by atoms with Gasteiger partial charge in [0.15, 0.2) is 0 Å². The lowest BCUT2D eigenvalue weighted by Crippen LogP contribution is -2.60. The van der Waals surface area contributed by atoms with Gasteiger partial charge in [-0.05, 0) is 94.3 Å². The van der Waals surface area contributed by atoms with Gasteiger partial charge in [0, 0.05) is 14.6 Å². The largest absolute Gasteiger partial charge is 0.488 e. The first-order chi connectivity index (χ1) is 19.0. The number of rotatable bonds is 8. The van der Waals surface area contributed by atoms with Crippen LogP contribution in [0.15, 0.2) is 81.7 Å². The van der Waals surface area contributed by atoms with E-state index in [0.29, 0.717) is 5.75 Å². The van der Waals surface area contributed by atoms with E-state index in [0.717, 1.165) is 25.8 Å². The maximum atomic E-state index is 13.9. The number of carbonyl (C=O) groups is 2. The van der Waals surface area contributed by atoms with E-state index in [1.165, 1.54) is 0 Å².